The Morgan fingerprint density at radius 1 is 0.933 bits per heavy atom. The zero-order valence-electron chi connectivity index (χ0n) is 18.0. The Bertz CT molecular complexity index is 1050. The molecule has 0 aliphatic heterocycles. The summed E-state index contributed by atoms with van der Waals surface area (Å²) in [5.74, 6) is 0.806. The van der Waals surface area contributed by atoms with Gasteiger partial charge in [0.2, 0.25) is 0 Å². The van der Waals surface area contributed by atoms with Crippen molar-refractivity contribution in [1.29, 1.82) is 0 Å². The monoisotopic (exact) mass is 417 g/mol. The highest BCUT2D eigenvalue weighted by Crippen LogP contribution is 2.34. The Kier molecular flexibility index (Phi) is 7.66. The van der Waals surface area contributed by atoms with Crippen LogP contribution in [0.25, 0.3) is 21.9 Å². The zero-order valence-corrected chi connectivity index (χ0v) is 18.0. The average Bonchev–Trinajstić information content (AvgIpc) is 3.02. The van der Waals surface area contributed by atoms with Crippen LogP contribution in [0, 0.1) is 20.8 Å². The van der Waals surface area contributed by atoms with E-state index in [4.69, 9.17) is 23.8 Å². The van der Waals surface area contributed by atoms with Crippen molar-refractivity contribution in [1.82, 2.24) is 4.90 Å². The molecule has 2 N–H and O–H groups in total. The molecule has 0 fully saturated rings. The lowest BCUT2D eigenvalue weighted by molar-refractivity contribution is 0.110. The first-order chi connectivity index (χ1) is 14.5. The van der Waals surface area contributed by atoms with E-state index in [0.717, 1.165) is 58.2 Å². The van der Waals surface area contributed by atoms with Crippen LogP contribution in [0.15, 0.2) is 25.8 Å². The largest absolute Gasteiger partial charge is 0.461 e. The SMILES string of the molecule is Cc1oc2c(C)c3oc(=O)cc(C)c3cc2c1COCCCCN(CCO)CCO. The van der Waals surface area contributed by atoms with Crippen LogP contribution in [-0.4, -0.2) is 54.6 Å². The number of fused-ring (bicyclic) bond motifs is 2. The second-order valence-electron chi connectivity index (χ2n) is 7.69. The van der Waals surface area contributed by atoms with Gasteiger partial charge in [-0.25, -0.2) is 4.79 Å². The third kappa shape index (κ3) is 4.92. The van der Waals surface area contributed by atoms with Crippen LogP contribution in [0.2, 0.25) is 0 Å². The number of aliphatic hydroxyl groups is 2. The summed E-state index contributed by atoms with van der Waals surface area (Å²) in [5.41, 5.74) is 3.67. The number of aryl methyl sites for hydroxylation is 3. The third-order valence-corrected chi connectivity index (χ3v) is 5.52. The van der Waals surface area contributed by atoms with Gasteiger partial charge in [-0.05, 0) is 51.8 Å². The lowest BCUT2D eigenvalue weighted by Crippen LogP contribution is -2.30. The van der Waals surface area contributed by atoms with Crippen molar-refractivity contribution in [2.75, 3.05) is 39.5 Å². The molecule has 3 aromatic rings. The van der Waals surface area contributed by atoms with Crippen molar-refractivity contribution in [3.63, 3.8) is 0 Å². The first kappa shape index (κ1) is 22.5. The second-order valence-corrected chi connectivity index (χ2v) is 7.69. The van der Waals surface area contributed by atoms with Gasteiger partial charge in [-0.1, -0.05) is 0 Å². The van der Waals surface area contributed by atoms with Crippen LogP contribution in [0.1, 0.15) is 35.3 Å². The molecule has 2 heterocycles. The minimum Gasteiger partial charge on any atom is -0.461 e. The lowest BCUT2D eigenvalue weighted by atomic mass is 10.0. The zero-order chi connectivity index (χ0) is 21.7. The number of rotatable bonds is 11. The standard InChI is InChI=1S/C23H31NO6/c1-15-12-21(27)30-22-16(2)23-19(13-18(15)22)20(17(3)29-23)14-28-11-5-4-6-24(7-9-25)8-10-26/h12-13,25-26H,4-11,14H2,1-3H3. The minimum absolute atomic E-state index is 0.0975. The number of ether oxygens (including phenoxy) is 1. The van der Waals surface area contributed by atoms with Crippen LogP contribution in [0.5, 0.6) is 0 Å². The Labute approximate surface area is 175 Å². The lowest BCUT2D eigenvalue weighted by Gasteiger charge is -2.19. The number of unbranched alkanes of at least 4 members (excludes halogenated alkanes) is 1. The number of aliphatic hydroxyl groups excluding tert-OH is 2. The fourth-order valence-electron chi connectivity index (χ4n) is 3.86. The van der Waals surface area contributed by atoms with Crippen molar-refractivity contribution in [3.8, 4) is 0 Å². The van der Waals surface area contributed by atoms with Gasteiger partial charge in [-0.15, -0.1) is 0 Å². The Balaban J connectivity index is 1.67. The molecule has 0 spiro atoms. The topological polar surface area (TPSA) is 96.3 Å². The van der Waals surface area contributed by atoms with Crippen molar-refractivity contribution in [2.45, 2.75) is 40.2 Å². The summed E-state index contributed by atoms with van der Waals surface area (Å²) in [7, 11) is 0. The van der Waals surface area contributed by atoms with Crippen LogP contribution in [-0.2, 0) is 11.3 Å². The quantitative estimate of drug-likeness (QED) is 0.366. The molecule has 0 atom stereocenters. The van der Waals surface area contributed by atoms with Gasteiger partial charge in [0.05, 0.1) is 19.8 Å². The summed E-state index contributed by atoms with van der Waals surface area (Å²) >= 11 is 0. The molecule has 0 unspecified atom stereocenters. The normalized spacial score (nSPS) is 11.9. The molecule has 0 aliphatic carbocycles. The summed E-state index contributed by atoms with van der Waals surface area (Å²) in [6, 6.07) is 3.53. The van der Waals surface area contributed by atoms with Gasteiger partial charge >= 0.3 is 5.63 Å². The van der Waals surface area contributed by atoms with Crippen molar-refractivity contribution >= 4 is 21.9 Å². The highest BCUT2D eigenvalue weighted by molar-refractivity contribution is 5.99. The van der Waals surface area contributed by atoms with Gasteiger partial charge in [0.25, 0.3) is 0 Å². The van der Waals surface area contributed by atoms with E-state index in [1.165, 1.54) is 6.07 Å². The Morgan fingerprint density at radius 2 is 1.63 bits per heavy atom. The third-order valence-electron chi connectivity index (χ3n) is 5.52. The maximum Gasteiger partial charge on any atom is 0.336 e. The molecule has 7 heteroatoms. The highest BCUT2D eigenvalue weighted by atomic mass is 16.5. The van der Waals surface area contributed by atoms with Gasteiger partial charge in [0, 0.05) is 47.7 Å². The van der Waals surface area contributed by atoms with Crippen LogP contribution in [0.4, 0.5) is 0 Å². The van der Waals surface area contributed by atoms with Crippen molar-refractivity contribution in [3.05, 3.63) is 45.0 Å². The van der Waals surface area contributed by atoms with E-state index in [1.807, 2.05) is 31.7 Å². The van der Waals surface area contributed by atoms with Crippen molar-refractivity contribution in [2.24, 2.45) is 0 Å². The van der Waals surface area contributed by atoms with E-state index >= 15 is 0 Å². The molecule has 0 bridgehead atoms. The van der Waals surface area contributed by atoms with Gasteiger partial charge in [-0.2, -0.15) is 0 Å². The number of furan rings is 1. The summed E-state index contributed by atoms with van der Waals surface area (Å²) in [4.78, 5) is 13.8. The molecule has 164 valence electrons. The first-order valence-electron chi connectivity index (χ1n) is 10.4. The predicted octanol–water partition coefficient (Wildman–Crippen LogP) is 3.05. The first-order valence-corrected chi connectivity index (χ1v) is 10.4. The Hall–Kier alpha value is -2.19. The summed E-state index contributed by atoms with van der Waals surface area (Å²) in [5, 5.41) is 20.0. The van der Waals surface area contributed by atoms with E-state index in [9.17, 15) is 4.79 Å². The molecule has 2 aromatic heterocycles. The number of nitrogens with zero attached hydrogens (tertiary/aromatic N) is 1. The summed E-state index contributed by atoms with van der Waals surface area (Å²) in [6.07, 6.45) is 1.83. The maximum absolute atomic E-state index is 11.8. The maximum atomic E-state index is 11.8. The smallest absolute Gasteiger partial charge is 0.336 e. The molecular weight excluding hydrogens is 386 g/mol. The molecule has 1 aromatic carbocycles. The van der Waals surface area contributed by atoms with Crippen LogP contribution >= 0.6 is 0 Å². The van der Waals surface area contributed by atoms with E-state index in [2.05, 4.69) is 0 Å². The van der Waals surface area contributed by atoms with Crippen LogP contribution in [0.3, 0.4) is 0 Å². The van der Waals surface area contributed by atoms with E-state index < -0.39 is 0 Å². The molecule has 0 amide bonds. The fourth-order valence-corrected chi connectivity index (χ4v) is 3.86. The summed E-state index contributed by atoms with van der Waals surface area (Å²) in [6.45, 7) is 9.00. The van der Waals surface area contributed by atoms with Gasteiger partial charge in [0.15, 0.2) is 0 Å². The van der Waals surface area contributed by atoms with Crippen molar-refractivity contribution < 1.29 is 23.8 Å². The number of benzene rings is 1. The van der Waals surface area contributed by atoms with Gasteiger partial charge < -0.3 is 23.8 Å². The predicted molar refractivity (Wildman–Crippen MR) is 116 cm³/mol. The molecule has 0 saturated carbocycles. The fraction of sp³-hybridized carbons (Fsp3) is 0.522. The van der Waals surface area contributed by atoms with Crippen LogP contribution < -0.4 is 5.63 Å². The molecule has 0 saturated heterocycles. The van der Waals surface area contributed by atoms with Gasteiger partial charge in [0.1, 0.15) is 16.9 Å². The average molecular weight is 418 g/mol. The minimum atomic E-state index is -0.356. The molecule has 7 nitrogen and oxygen atoms in total. The molecular formula is C23H31NO6. The molecule has 30 heavy (non-hydrogen) atoms. The van der Waals surface area contributed by atoms with E-state index in [0.29, 0.717) is 31.9 Å². The molecule has 0 aliphatic rings. The van der Waals surface area contributed by atoms with E-state index in [-0.39, 0.29) is 18.8 Å². The van der Waals surface area contributed by atoms with E-state index in [1.54, 1.807) is 0 Å². The Morgan fingerprint density at radius 3 is 2.33 bits per heavy atom. The molecule has 0 radical (unpaired) electrons. The van der Waals surface area contributed by atoms with Gasteiger partial charge in [-0.3, -0.25) is 4.90 Å². The summed E-state index contributed by atoms with van der Waals surface area (Å²) < 4.78 is 17.3. The number of hydrogen-bond acceptors (Lipinski definition) is 7. The highest BCUT2D eigenvalue weighted by Gasteiger charge is 2.18. The second kappa shape index (κ2) is 10.2. The number of hydrogen-bond donors (Lipinski definition) is 2. The molecule has 3 rings (SSSR count).